The van der Waals surface area contributed by atoms with Crippen molar-refractivity contribution in [1.29, 1.82) is 0 Å². The number of hydrogen-bond donors (Lipinski definition) is 2. The maximum absolute atomic E-state index is 12.3. The number of carbonyl (C=O) groups is 2. The van der Waals surface area contributed by atoms with Crippen LogP contribution >= 0.6 is 0 Å². The van der Waals surface area contributed by atoms with Crippen molar-refractivity contribution in [3.8, 4) is 0 Å². The molecule has 2 N–H and O–H groups in total. The molecule has 1 aliphatic rings. The first kappa shape index (κ1) is 14.1. The van der Waals surface area contributed by atoms with Crippen LogP contribution < -0.4 is 15.5 Å². The Balaban J connectivity index is 1.75. The summed E-state index contributed by atoms with van der Waals surface area (Å²) in [6.45, 7) is 2.26. The summed E-state index contributed by atoms with van der Waals surface area (Å²) >= 11 is 0. The highest BCUT2D eigenvalue weighted by Gasteiger charge is 2.23. The largest absolute Gasteiger partial charge is 0.351 e. The van der Waals surface area contributed by atoms with Gasteiger partial charge in [-0.05, 0) is 30.7 Å². The van der Waals surface area contributed by atoms with Gasteiger partial charge in [0.25, 0.3) is 0 Å². The van der Waals surface area contributed by atoms with Crippen LogP contribution in [0.25, 0.3) is 0 Å². The Morgan fingerprint density at radius 1 is 1.18 bits per heavy atom. The first-order valence-corrected chi connectivity index (χ1v) is 7.13. The molecule has 0 fully saturated rings. The van der Waals surface area contributed by atoms with E-state index in [-0.39, 0.29) is 24.9 Å². The number of nitrogens with one attached hydrogen (secondary N) is 2. The third-order valence-corrected chi connectivity index (χ3v) is 3.61. The van der Waals surface area contributed by atoms with E-state index in [9.17, 15) is 9.59 Å². The van der Waals surface area contributed by atoms with Gasteiger partial charge in [-0.3, -0.25) is 9.59 Å². The van der Waals surface area contributed by atoms with Crippen LogP contribution in [0.1, 0.15) is 5.56 Å². The minimum Gasteiger partial charge on any atom is -0.351 e. The summed E-state index contributed by atoms with van der Waals surface area (Å²) in [5.41, 5.74) is 3.40. The summed E-state index contributed by atoms with van der Waals surface area (Å²) in [6, 6.07) is 15.1. The second-order valence-corrected chi connectivity index (χ2v) is 5.28. The van der Waals surface area contributed by atoms with Crippen molar-refractivity contribution < 1.29 is 9.59 Å². The number of fused-ring (bicyclic) bond motifs is 1. The van der Waals surface area contributed by atoms with Crippen molar-refractivity contribution in [3.05, 3.63) is 54.1 Å². The lowest BCUT2D eigenvalue weighted by molar-refractivity contribution is -0.115. The second kappa shape index (κ2) is 5.89. The Kier molecular flexibility index (Phi) is 3.78. The second-order valence-electron chi connectivity index (χ2n) is 5.28. The lowest BCUT2D eigenvalue weighted by Gasteiger charge is -2.30. The van der Waals surface area contributed by atoms with E-state index in [0.29, 0.717) is 0 Å². The number of anilines is 3. The van der Waals surface area contributed by atoms with Gasteiger partial charge in [0.05, 0.1) is 24.5 Å². The molecule has 0 aromatic heterocycles. The lowest BCUT2D eigenvalue weighted by Crippen LogP contribution is -2.42. The van der Waals surface area contributed by atoms with E-state index in [1.807, 2.05) is 55.5 Å². The van der Waals surface area contributed by atoms with E-state index >= 15 is 0 Å². The van der Waals surface area contributed by atoms with Crippen LogP contribution in [-0.2, 0) is 9.59 Å². The fourth-order valence-corrected chi connectivity index (χ4v) is 2.52. The van der Waals surface area contributed by atoms with Crippen LogP contribution in [-0.4, -0.2) is 24.9 Å². The van der Waals surface area contributed by atoms with Gasteiger partial charge in [0.15, 0.2) is 0 Å². The number of amides is 2. The molecule has 0 spiro atoms. The predicted octanol–water partition coefficient (Wildman–Crippen LogP) is 2.39. The summed E-state index contributed by atoms with van der Waals surface area (Å²) in [5, 5.41) is 5.70. The molecule has 1 heterocycles. The first-order chi connectivity index (χ1) is 10.6. The maximum Gasteiger partial charge on any atom is 0.243 e. The molecule has 0 aliphatic carbocycles. The average molecular weight is 295 g/mol. The quantitative estimate of drug-likeness (QED) is 0.914. The van der Waals surface area contributed by atoms with Gasteiger partial charge < -0.3 is 15.5 Å². The normalized spacial score (nSPS) is 13.3. The van der Waals surface area contributed by atoms with Gasteiger partial charge in [-0.25, -0.2) is 0 Å². The molecule has 0 atom stereocenters. The van der Waals surface area contributed by atoms with Crippen LogP contribution in [0.15, 0.2) is 48.5 Å². The number of benzene rings is 2. The van der Waals surface area contributed by atoms with E-state index in [4.69, 9.17) is 0 Å². The van der Waals surface area contributed by atoms with Crippen molar-refractivity contribution in [2.24, 2.45) is 0 Å². The smallest absolute Gasteiger partial charge is 0.243 e. The molecule has 1 aliphatic heterocycles. The molecule has 22 heavy (non-hydrogen) atoms. The van der Waals surface area contributed by atoms with Crippen LogP contribution in [0.2, 0.25) is 0 Å². The van der Waals surface area contributed by atoms with Crippen molar-refractivity contribution in [2.45, 2.75) is 6.92 Å². The Morgan fingerprint density at radius 3 is 2.73 bits per heavy atom. The lowest BCUT2D eigenvalue weighted by atomic mass is 10.2. The highest BCUT2D eigenvalue weighted by Crippen LogP contribution is 2.28. The highest BCUT2D eigenvalue weighted by molar-refractivity contribution is 6.03. The molecular formula is C17H17N3O2. The molecule has 2 aromatic rings. The molecule has 2 aromatic carbocycles. The highest BCUT2D eigenvalue weighted by atomic mass is 16.2. The average Bonchev–Trinajstić information content (AvgIpc) is 2.49. The summed E-state index contributed by atoms with van der Waals surface area (Å²) in [7, 11) is 0. The molecule has 0 saturated heterocycles. The molecule has 5 heteroatoms. The zero-order valence-electron chi connectivity index (χ0n) is 12.3. The van der Waals surface area contributed by atoms with Crippen LogP contribution in [0.4, 0.5) is 17.1 Å². The summed E-state index contributed by atoms with van der Waals surface area (Å²) in [6.07, 6.45) is 0. The topological polar surface area (TPSA) is 61.4 Å². The Labute approximate surface area is 128 Å². The van der Waals surface area contributed by atoms with Crippen molar-refractivity contribution >= 4 is 28.9 Å². The molecular weight excluding hydrogens is 278 g/mol. The number of aryl methyl sites for hydroxylation is 1. The minimum absolute atomic E-state index is 0.109. The van der Waals surface area contributed by atoms with Gasteiger partial charge in [-0.2, -0.15) is 0 Å². The van der Waals surface area contributed by atoms with Crippen molar-refractivity contribution in [3.63, 3.8) is 0 Å². The number of rotatable bonds is 3. The summed E-state index contributed by atoms with van der Waals surface area (Å²) in [4.78, 5) is 25.8. The number of nitrogens with zero attached hydrogens (tertiary/aromatic N) is 1. The third kappa shape index (κ3) is 2.93. The van der Waals surface area contributed by atoms with Gasteiger partial charge in [0.2, 0.25) is 11.8 Å². The van der Waals surface area contributed by atoms with E-state index in [0.717, 1.165) is 22.6 Å². The van der Waals surface area contributed by atoms with Gasteiger partial charge in [-0.1, -0.05) is 30.3 Å². The summed E-state index contributed by atoms with van der Waals surface area (Å²) in [5.74, 6) is -0.249. The van der Waals surface area contributed by atoms with Gasteiger partial charge in [-0.15, -0.1) is 0 Å². The zero-order chi connectivity index (χ0) is 15.5. The summed E-state index contributed by atoms with van der Waals surface area (Å²) < 4.78 is 0. The van der Waals surface area contributed by atoms with Crippen molar-refractivity contribution in [1.82, 2.24) is 0 Å². The third-order valence-electron chi connectivity index (χ3n) is 3.61. The molecule has 0 unspecified atom stereocenters. The van der Waals surface area contributed by atoms with E-state index in [1.54, 1.807) is 4.90 Å². The van der Waals surface area contributed by atoms with E-state index in [2.05, 4.69) is 10.6 Å². The Morgan fingerprint density at radius 2 is 1.91 bits per heavy atom. The molecule has 0 bridgehead atoms. The monoisotopic (exact) mass is 295 g/mol. The van der Waals surface area contributed by atoms with Crippen LogP contribution in [0.3, 0.4) is 0 Å². The predicted molar refractivity (Wildman–Crippen MR) is 87.1 cm³/mol. The molecule has 3 rings (SSSR count). The van der Waals surface area contributed by atoms with E-state index in [1.165, 1.54) is 0 Å². The maximum atomic E-state index is 12.3. The fourth-order valence-electron chi connectivity index (χ4n) is 2.52. The number of hydrogen-bond acceptors (Lipinski definition) is 3. The Bertz CT molecular complexity index is 727. The van der Waals surface area contributed by atoms with Gasteiger partial charge in [0, 0.05) is 5.69 Å². The Hall–Kier alpha value is -2.82. The molecule has 2 amide bonds. The number of para-hydroxylation sites is 3. The van der Waals surface area contributed by atoms with Crippen LogP contribution in [0.5, 0.6) is 0 Å². The molecule has 0 radical (unpaired) electrons. The SMILES string of the molecule is Cc1ccccc1NC(=O)CN1CC(=O)Nc2ccccc21. The standard InChI is InChI=1S/C17H17N3O2/c1-12-6-2-3-7-13(12)18-16(21)10-20-11-17(22)19-14-8-4-5-9-15(14)20/h2-9H,10-11H2,1H3,(H,18,21)(H,19,22). The van der Waals surface area contributed by atoms with Gasteiger partial charge >= 0.3 is 0 Å². The molecule has 0 saturated carbocycles. The number of carbonyl (C=O) groups excluding carboxylic acids is 2. The minimum atomic E-state index is -0.140. The van der Waals surface area contributed by atoms with Crippen LogP contribution in [0, 0.1) is 6.92 Å². The van der Waals surface area contributed by atoms with Crippen molar-refractivity contribution in [2.75, 3.05) is 28.6 Å². The van der Waals surface area contributed by atoms with E-state index < -0.39 is 0 Å². The first-order valence-electron chi connectivity index (χ1n) is 7.13. The molecule has 112 valence electrons. The van der Waals surface area contributed by atoms with Gasteiger partial charge in [0.1, 0.15) is 0 Å². The molecule has 5 nitrogen and oxygen atoms in total. The zero-order valence-corrected chi connectivity index (χ0v) is 12.3. The fraction of sp³-hybridized carbons (Fsp3) is 0.176.